The van der Waals surface area contributed by atoms with Gasteiger partial charge in [-0.15, -0.1) is 0 Å². The lowest BCUT2D eigenvalue weighted by atomic mass is 10.1. The van der Waals surface area contributed by atoms with Gasteiger partial charge in [-0.05, 0) is 24.3 Å². The Kier molecular flexibility index (Phi) is 5.05. The molecule has 0 aliphatic carbocycles. The van der Waals surface area contributed by atoms with E-state index in [4.69, 9.17) is 32.9 Å². The molecule has 0 aliphatic rings. The van der Waals surface area contributed by atoms with E-state index in [0.29, 0.717) is 27.9 Å². The molecule has 0 bridgehead atoms. The highest BCUT2D eigenvalue weighted by molar-refractivity contribution is 6.36. The number of nitriles is 1. The van der Waals surface area contributed by atoms with Crippen LogP contribution in [0.2, 0.25) is 10.0 Å². The molecule has 0 spiro atoms. The Labute approximate surface area is 126 Å². The van der Waals surface area contributed by atoms with Crippen molar-refractivity contribution in [1.82, 2.24) is 5.32 Å². The lowest BCUT2D eigenvalue weighted by Gasteiger charge is -2.14. The first-order valence-electron chi connectivity index (χ1n) is 5.93. The minimum Gasteiger partial charge on any atom is -0.449 e. The number of furan rings is 1. The molecule has 6 heteroatoms. The van der Waals surface area contributed by atoms with Gasteiger partial charge in [-0.2, -0.15) is 5.26 Å². The number of benzene rings is 1. The maximum absolute atomic E-state index is 10.1. The summed E-state index contributed by atoms with van der Waals surface area (Å²) >= 11 is 12.0. The fraction of sp³-hybridized carbons (Fsp3) is 0.214. The van der Waals surface area contributed by atoms with Crippen molar-refractivity contribution in [2.75, 3.05) is 6.54 Å². The Hall–Kier alpha value is -1.51. The van der Waals surface area contributed by atoms with Crippen LogP contribution in [0.1, 0.15) is 23.2 Å². The molecule has 1 aromatic heterocycles. The number of aliphatic hydroxyl groups excluding tert-OH is 1. The second-order valence-electron chi connectivity index (χ2n) is 4.16. The molecule has 2 N–H and O–H groups in total. The number of hydrogen-bond donors (Lipinski definition) is 2. The summed E-state index contributed by atoms with van der Waals surface area (Å²) in [7, 11) is 0. The molecule has 2 aromatic rings. The quantitative estimate of drug-likeness (QED) is 0.889. The summed E-state index contributed by atoms with van der Waals surface area (Å²) in [6, 6.07) is 10.3. The second-order valence-corrected chi connectivity index (χ2v) is 4.97. The van der Waals surface area contributed by atoms with Crippen molar-refractivity contribution in [3.8, 4) is 6.07 Å². The normalized spacial score (nSPS) is 12.1. The molecule has 0 aliphatic heterocycles. The van der Waals surface area contributed by atoms with Gasteiger partial charge >= 0.3 is 0 Å². The van der Waals surface area contributed by atoms with Crippen LogP contribution in [0.3, 0.4) is 0 Å². The van der Waals surface area contributed by atoms with E-state index in [1.807, 2.05) is 6.07 Å². The molecule has 1 aromatic carbocycles. The molecule has 0 amide bonds. The number of hydrogen-bond acceptors (Lipinski definition) is 4. The number of nitrogens with one attached hydrogen (secondary N) is 1. The van der Waals surface area contributed by atoms with Gasteiger partial charge in [-0.25, -0.2) is 0 Å². The second kappa shape index (κ2) is 6.78. The van der Waals surface area contributed by atoms with E-state index in [0.717, 1.165) is 0 Å². The van der Waals surface area contributed by atoms with E-state index in [-0.39, 0.29) is 12.3 Å². The molecule has 1 atom stereocenters. The first-order chi connectivity index (χ1) is 9.61. The molecule has 0 fully saturated rings. The molecular formula is C14H12Cl2N2O2. The summed E-state index contributed by atoms with van der Waals surface area (Å²) in [5.41, 5.74) is 0.500. The van der Waals surface area contributed by atoms with E-state index in [9.17, 15) is 5.11 Å². The van der Waals surface area contributed by atoms with Crippen molar-refractivity contribution in [2.24, 2.45) is 0 Å². The molecule has 104 valence electrons. The van der Waals surface area contributed by atoms with Gasteiger partial charge in [0.25, 0.3) is 0 Å². The highest BCUT2D eigenvalue weighted by atomic mass is 35.5. The third-order valence-corrected chi connectivity index (χ3v) is 3.40. The van der Waals surface area contributed by atoms with Gasteiger partial charge in [0.05, 0.1) is 12.6 Å². The van der Waals surface area contributed by atoms with Crippen LogP contribution < -0.4 is 5.32 Å². The average molecular weight is 311 g/mol. The molecule has 0 saturated heterocycles. The SMILES string of the molecule is N#Cc1ccc(CNCC(O)c2c(Cl)cccc2Cl)o1. The zero-order valence-corrected chi connectivity index (χ0v) is 11.9. The topological polar surface area (TPSA) is 69.2 Å². The lowest BCUT2D eigenvalue weighted by molar-refractivity contribution is 0.173. The van der Waals surface area contributed by atoms with Crippen molar-refractivity contribution >= 4 is 23.2 Å². The predicted molar refractivity (Wildman–Crippen MR) is 76.6 cm³/mol. The van der Waals surface area contributed by atoms with Crippen molar-refractivity contribution in [2.45, 2.75) is 12.6 Å². The van der Waals surface area contributed by atoms with Gasteiger partial charge in [0, 0.05) is 22.2 Å². The molecule has 1 unspecified atom stereocenters. The van der Waals surface area contributed by atoms with Crippen molar-refractivity contribution in [1.29, 1.82) is 5.26 Å². The van der Waals surface area contributed by atoms with Crippen molar-refractivity contribution in [3.05, 3.63) is 57.5 Å². The molecular weight excluding hydrogens is 299 g/mol. The molecule has 20 heavy (non-hydrogen) atoms. The van der Waals surface area contributed by atoms with Crippen LogP contribution in [-0.2, 0) is 6.54 Å². The van der Waals surface area contributed by atoms with Crippen LogP contribution in [0.4, 0.5) is 0 Å². The Balaban J connectivity index is 1.92. The summed E-state index contributed by atoms with van der Waals surface area (Å²) in [5, 5.41) is 22.6. The summed E-state index contributed by atoms with van der Waals surface area (Å²) in [6.07, 6.45) is -0.818. The van der Waals surface area contributed by atoms with E-state index in [2.05, 4.69) is 5.32 Å². The van der Waals surface area contributed by atoms with Gasteiger partial charge in [-0.1, -0.05) is 29.3 Å². The summed E-state index contributed by atoms with van der Waals surface area (Å²) in [5.74, 6) is 0.885. The zero-order valence-electron chi connectivity index (χ0n) is 10.4. The molecule has 0 saturated carbocycles. The van der Waals surface area contributed by atoms with Gasteiger partial charge in [-0.3, -0.25) is 0 Å². The van der Waals surface area contributed by atoms with Crippen molar-refractivity contribution < 1.29 is 9.52 Å². The van der Waals surface area contributed by atoms with Crippen LogP contribution in [0.5, 0.6) is 0 Å². The molecule has 2 rings (SSSR count). The van der Waals surface area contributed by atoms with Crippen molar-refractivity contribution in [3.63, 3.8) is 0 Å². The van der Waals surface area contributed by atoms with E-state index in [1.165, 1.54) is 0 Å². The monoisotopic (exact) mass is 310 g/mol. The van der Waals surface area contributed by atoms with Gasteiger partial charge < -0.3 is 14.8 Å². The first kappa shape index (κ1) is 14.9. The van der Waals surface area contributed by atoms with E-state index < -0.39 is 6.10 Å². The summed E-state index contributed by atoms with van der Waals surface area (Å²) < 4.78 is 5.21. The zero-order chi connectivity index (χ0) is 14.5. The van der Waals surface area contributed by atoms with Crippen LogP contribution >= 0.6 is 23.2 Å². The Morgan fingerprint density at radius 3 is 2.55 bits per heavy atom. The van der Waals surface area contributed by atoms with Gasteiger partial charge in [0.15, 0.2) is 0 Å². The minimum absolute atomic E-state index is 0.261. The number of rotatable bonds is 5. The van der Waals surface area contributed by atoms with Crippen LogP contribution in [0.15, 0.2) is 34.7 Å². The lowest BCUT2D eigenvalue weighted by Crippen LogP contribution is -2.21. The standard InChI is InChI=1S/C14H12Cl2N2O2/c15-11-2-1-3-12(16)14(11)13(19)8-18-7-10-5-4-9(6-17)20-10/h1-5,13,18-19H,7-8H2. The van der Waals surface area contributed by atoms with E-state index >= 15 is 0 Å². The maximum Gasteiger partial charge on any atom is 0.203 e. The minimum atomic E-state index is -0.818. The third-order valence-electron chi connectivity index (χ3n) is 2.74. The Bertz CT molecular complexity index is 614. The van der Waals surface area contributed by atoms with Gasteiger partial charge in [0.1, 0.15) is 11.8 Å². The number of halogens is 2. The maximum atomic E-state index is 10.1. The summed E-state index contributed by atoms with van der Waals surface area (Å²) in [4.78, 5) is 0. The molecule has 0 radical (unpaired) electrons. The Morgan fingerprint density at radius 1 is 1.25 bits per heavy atom. The van der Waals surface area contributed by atoms with Crippen LogP contribution in [0.25, 0.3) is 0 Å². The highest BCUT2D eigenvalue weighted by Crippen LogP contribution is 2.29. The van der Waals surface area contributed by atoms with Crippen LogP contribution in [-0.4, -0.2) is 11.7 Å². The first-order valence-corrected chi connectivity index (χ1v) is 6.69. The molecule has 4 nitrogen and oxygen atoms in total. The smallest absolute Gasteiger partial charge is 0.203 e. The molecule has 1 heterocycles. The largest absolute Gasteiger partial charge is 0.449 e. The third kappa shape index (κ3) is 3.53. The summed E-state index contributed by atoms with van der Waals surface area (Å²) in [6.45, 7) is 0.673. The highest BCUT2D eigenvalue weighted by Gasteiger charge is 2.15. The fourth-order valence-corrected chi connectivity index (χ4v) is 2.45. The fourth-order valence-electron chi connectivity index (χ4n) is 1.80. The Morgan fingerprint density at radius 2 is 1.95 bits per heavy atom. The van der Waals surface area contributed by atoms with E-state index in [1.54, 1.807) is 30.3 Å². The average Bonchev–Trinajstić information content (AvgIpc) is 2.86. The number of aliphatic hydroxyl groups is 1. The van der Waals surface area contributed by atoms with Gasteiger partial charge in [0.2, 0.25) is 5.76 Å². The number of nitrogens with zero attached hydrogens (tertiary/aromatic N) is 1. The van der Waals surface area contributed by atoms with Crippen LogP contribution in [0, 0.1) is 11.3 Å². The predicted octanol–water partition coefficient (Wildman–Crippen LogP) is 3.28.